The number of methoxy groups -OCH3 is 1. The maximum atomic E-state index is 5.64. The third kappa shape index (κ3) is 5.21. The molecule has 1 aliphatic heterocycles. The van der Waals surface area contributed by atoms with Crippen LogP contribution in [0.25, 0.3) is 0 Å². The predicted molar refractivity (Wildman–Crippen MR) is 84.3 cm³/mol. The van der Waals surface area contributed by atoms with Gasteiger partial charge in [-0.25, -0.2) is 0 Å². The Hall–Kier alpha value is -1.26. The van der Waals surface area contributed by atoms with Gasteiger partial charge in [-0.05, 0) is 36.0 Å². The van der Waals surface area contributed by atoms with Crippen LogP contribution in [0, 0.1) is 5.41 Å². The predicted octanol–water partition coefficient (Wildman–Crippen LogP) is 2.65. The molecule has 1 aromatic carbocycles. The molecule has 0 aliphatic carbocycles. The zero-order valence-corrected chi connectivity index (χ0v) is 13.4. The Labute approximate surface area is 127 Å². The Morgan fingerprint density at radius 2 is 1.95 bits per heavy atom. The quantitative estimate of drug-likeness (QED) is 0.748. The van der Waals surface area contributed by atoms with E-state index in [0.717, 1.165) is 44.0 Å². The summed E-state index contributed by atoms with van der Waals surface area (Å²) >= 11 is 0. The van der Waals surface area contributed by atoms with Crippen molar-refractivity contribution >= 4 is 0 Å². The Kier molecular flexibility index (Phi) is 5.88. The Morgan fingerprint density at radius 1 is 1.19 bits per heavy atom. The van der Waals surface area contributed by atoms with Crippen molar-refractivity contribution in [3.05, 3.63) is 23.8 Å². The van der Waals surface area contributed by atoms with Crippen LogP contribution in [-0.2, 0) is 11.2 Å². The zero-order valence-electron chi connectivity index (χ0n) is 13.4. The molecule has 21 heavy (non-hydrogen) atoms. The van der Waals surface area contributed by atoms with Crippen LogP contribution in [0.3, 0.4) is 0 Å². The number of hydrogen-bond acceptors (Lipinski definition) is 4. The molecular formula is C17H27NO3. The highest BCUT2D eigenvalue weighted by molar-refractivity contribution is 5.43. The minimum atomic E-state index is 0.265. The van der Waals surface area contributed by atoms with E-state index in [4.69, 9.17) is 14.2 Å². The topological polar surface area (TPSA) is 39.7 Å². The Morgan fingerprint density at radius 3 is 2.71 bits per heavy atom. The first kappa shape index (κ1) is 16.1. The summed E-state index contributed by atoms with van der Waals surface area (Å²) in [5.41, 5.74) is 1.57. The largest absolute Gasteiger partial charge is 0.486 e. The summed E-state index contributed by atoms with van der Waals surface area (Å²) in [7, 11) is 1.73. The standard InChI is InChI=1S/C17H27NO3/c1-17(2,13-18-8-9-19-3)7-6-14-4-5-15-16(12-14)21-11-10-20-15/h4-5,12,18H,6-11,13H2,1-3H3. The Balaban J connectivity index is 1.81. The van der Waals surface area contributed by atoms with Gasteiger partial charge < -0.3 is 19.5 Å². The van der Waals surface area contributed by atoms with Crippen LogP contribution in [0.15, 0.2) is 18.2 Å². The molecule has 0 saturated carbocycles. The molecule has 0 spiro atoms. The molecule has 2 rings (SSSR count). The van der Waals surface area contributed by atoms with Crippen molar-refractivity contribution in [2.24, 2.45) is 5.41 Å². The fourth-order valence-electron chi connectivity index (χ4n) is 2.42. The number of aryl methyl sites for hydroxylation is 1. The van der Waals surface area contributed by atoms with Crippen LogP contribution in [-0.4, -0.2) is 40.0 Å². The lowest BCUT2D eigenvalue weighted by Gasteiger charge is -2.25. The van der Waals surface area contributed by atoms with Gasteiger partial charge in [0, 0.05) is 20.2 Å². The van der Waals surface area contributed by atoms with Crippen LogP contribution < -0.4 is 14.8 Å². The van der Waals surface area contributed by atoms with E-state index < -0.39 is 0 Å². The van der Waals surface area contributed by atoms with Crippen molar-refractivity contribution < 1.29 is 14.2 Å². The molecule has 0 bridgehead atoms. The fourth-order valence-corrected chi connectivity index (χ4v) is 2.42. The van der Waals surface area contributed by atoms with Crippen LogP contribution >= 0.6 is 0 Å². The summed E-state index contributed by atoms with van der Waals surface area (Å²) in [6, 6.07) is 6.28. The van der Waals surface area contributed by atoms with E-state index in [1.54, 1.807) is 7.11 Å². The van der Waals surface area contributed by atoms with Crippen molar-refractivity contribution in [1.82, 2.24) is 5.32 Å². The van der Waals surface area contributed by atoms with Gasteiger partial charge >= 0.3 is 0 Å². The van der Waals surface area contributed by atoms with Crippen molar-refractivity contribution in [2.45, 2.75) is 26.7 Å². The Bertz CT molecular complexity index is 446. The van der Waals surface area contributed by atoms with E-state index in [0.29, 0.717) is 13.2 Å². The molecule has 1 N–H and O–H groups in total. The molecule has 1 heterocycles. The van der Waals surface area contributed by atoms with Gasteiger partial charge in [-0.1, -0.05) is 19.9 Å². The van der Waals surface area contributed by atoms with E-state index in [1.807, 2.05) is 6.07 Å². The molecule has 0 radical (unpaired) electrons. The summed E-state index contributed by atoms with van der Waals surface area (Å²) < 4.78 is 16.2. The summed E-state index contributed by atoms with van der Waals surface area (Å²) in [6.45, 7) is 8.55. The molecule has 0 unspecified atom stereocenters. The molecule has 118 valence electrons. The SMILES string of the molecule is COCCNCC(C)(C)CCc1ccc2c(c1)OCCO2. The normalized spacial score (nSPS) is 14.2. The van der Waals surface area contributed by atoms with Gasteiger partial charge in [0.15, 0.2) is 11.5 Å². The molecule has 4 nitrogen and oxygen atoms in total. The molecule has 0 saturated heterocycles. The molecule has 0 aromatic heterocycles. The van der Waals surface area contributed by atoms with Crippen LogP contribution in [0.4, 0.5) is 0 Å². The van der Waals surface area contributed by atoms with E-state index in [1.165, 1.54) is 5.56 Å². The average Bonchev–Trinajstić information content (AvgIpc) is 2.49. The highest BCUT2D eigenvalue weighted by Gasteiger charge is 2.18. The van der Waals surface area contributed by atoms with Gasteiger partial charge in [-0.2, -0.15) is 0 Å². The van der Waals surface area contributed by atoms with Gasteiger partial charge in [0.1, 0.15) is 13.2 Å². The summed E-state index contributed by atoms with van der Waals surface area (Å²) in [5.74, 6) is 1.75. The average molecular weight is 293 g/mol. The second-order valence-corrected chi connectivity index (χ2v) is 6.31. The van der Waals surface area contributed by atoms with Gasteiger partial charge in [0.05, 0.1) is 6.61 Å². The van der Waals surface area contributed by atoms with Crippen LogP contribution in [0.1, 0.15) is 25.8 Å². The second kappa shape index (κ2) is 7.66. The number of rotatable bonds is 8. The summed E-state index contributed by atoms with van der Waals surface area (Å²) in [4.78, 5) is 0. The molecule has 1 aliphatic rings. The van der Waals surface area contributed by atoms with E-state index >= 15 is 0 Å². The maximum absolute atomic E-state index is 5.64. The zero-order chi connectivity index (χ0) is 15.1. The number of fused-ring (bicyclic) bond motifs is 1. The van der Waals surface area contributed by atoms with Crippen molar-refractivity contribution in [3.8, 4) is 11.5 Å². The first-order chi connectivity index (χ1) is 10.1. The van der Waals surface area contributed by atoms with Gasteiger partial charge in [-0.15, -0.1) is 0 Å². The van der Waals surface area contributed by atoms with Crippen LogP contribution in [0.5, 0.6) is 11.5 Å². The molecule has 0 amide bonds. The van der Waals surface area contributed by atoms with Gasteiger partial charge in [-0.3, -0.25) is 0 Å². The summed E-state index contributed by atoms with van der Waals surface area (Å²) in [6.07, 6.45) is 2.18. The summed E-state index contributed by atoms with van der Waals surface area (Å²) in [5, 5.41) is 3.44. The first-order valence-electron chi connectivity index (χ1n) is 7.69. The van der Waals surface area contributed by atoms with E-state index in [2.05, 4.69) is 31.3 Å². The highest BCUT2D eigenvalue weighted by atomic mass is 16.6. The van der Waals surface area contributed by atoms with Crippen molar-refractivity contribution in [3.63, 3.8) is 0 Å². The maximum Gasteiger partial charge on any atom is 0.161 e. The van der Waals surface area contributed by atoms with Crippen molar-refractivity contribution in [2.75, 3.05) is 40.0 Å². The fraction of sp³-hybridized carbons (Fsp3) is 0.647. The van der Waals surface area contributed by atoms with E-state index in [9.17, 15) is 0 Å². The molecule has 0 atom stereocenters. The molecule has 0 fully saturated rings. The minimum Gasteiger partial charge on any atom is -0.486 e. The lowest BCUT2D eigenvalue weighted by atomic mass is 9.86. The third-order valence-corrected chi connectivity index (χ3v) is 3.78. The number of hydrogen-bond donors (Lipinski definition) is 1. The monoisotopic (exact) mass is 293 g/mol. The van der Waals surface area contributed by atoms with Gasteiger partial charge in [0.2, 0.25) is 0 Å². The molecule has 4 heteroatoms. The number of nitrogens with one attached hydrogen (secondary N) is 1. The lowest BCUT2D eigenvalue weighted by molar-refractivity contribution is 0.171. The highest BCUT2D eigenvalue weighted by Crippen LogP contribution is 2.32. The molecular weight excluding hydrogens is 266 g/mol. The smallest absolute Gasteiger partial charge is 0.161 e. The second-order valence-electron chi connectivity index (χ2n) is 6.31. The lowest BCUT2D eigenvalue weighted by Crippen LogP contribution is -2.32. The molecule has 1 aromatic rings. The van der Waals surface area contributed by atoms with E-state index in [-0.39, 0.29) is 5.41 Å². The third-order valence-electron chi connectivity index (χ3n) is 3.78. The first-order valence-corrected chi connectivity index (χ1v) is 7.69. The van der Waals surface area contributed by atoms with Crippen molar-refractivity contribution in [1.29, 1.82) is 0 Å². The number of ether oxygens (including phenoxy) is 3. The van der Waals surface area contributed by atoms with Gasteiger partial charge in [0.25, 0.3) is 0 Å². The minimum absolute atomic E-state index is 0.265. The number of benzene rings is 1. The van der Waals surface area contributed by atoms with Crippen LogP contribution in [0.2, 0.25) is 0 Å².